The Morgan fingerprint density at radius 2 is 1.80 bits per heavy atom. The minimum atomic E-state index is -0.262. The molecular formula is C16H28N2O2. The van der Waals surface area contributed by atoms with Crippen molar-refractivity contribution in [3.63, 3.8) is 0 Å². The van der Waals surface area contributed by atoms with E-state index in [0.717, 1.165) is 25.2 Å². The number of rotatable bonds is 4. The maximum Gasteiger partial charge on any atom is 0.222 e. The van der Waals surface area contributed by atoms with Crippen LogP contribution in [0.2, 0.25) is 0 Å². The zero-order valence-electron chi connectivity index (χ0n) is 12.6. The van der Waals surface area contributed by atoms with Crippen LogP contribution in [-0.4, -0.2) is 29.3 Å². The lowest BCUT2D eigenvalue weighted by Crippen LogP contribution is -2.48. The molecule has 2 amide bonds. The quantitative estimate of drug-likeness (QED) is 0.859. The predicted octanol–water partition coefficient (Wildman–Crippen LogP) is 2.46. The van der Waals surface area contributed by atoms with E-state index in [-0.39, 0.29) is 23.8 Å². The molecule has 1 saturated carbocycles. The lowest BCUT2D eigenvalue weighted by atomic mass is 9.85. The number of hydrogen-bond donors (Lipinski definition) is 1. The van der Waals surface area contributed by atoms with Crippen LogP contribution in [0.5, 0.6) is 0 Å². The van der Waals surface area contributed by atoms with E-state index in [4.69, 9.17) is 5.73 Å². The van der Waals surface area contributed by atoms with Gasteiger partial charge in [-0.05, 0) is 32.1 Å². The highest BCUT2D eigenvalue weighted by molar-refractivity contribution is 5.80. The number of primary amides is 1. The summed E-state index contributed by atoms with van der Waals surface area (Å²) in [6.07, 6.45) is 9.94. The molecule has 2 atom stereocenters. The molecule has 114 valence electrons. The first-order chi connectivity index (χ1) is 9.58. The number of carbonyl (C=O) groups excluding carboxylic acids is 2. The van der Waals surface area contributed by atoms with Crippen LogP contribution in [0, 0.1) is 11.8 Å². The third-order valence-corrected chi connectivity index (χ3v) is 5.10. The van der Waals surface area contributed by atoms with E-state index in [2.05, 4.69) is 6.92 Å². The SMILES string of the molecule is C[C@@H]1CC[C@H](C(N)=O)CN1C(=O)CCC1CCCCC1. The molecule has 1 aliphatic heterocycles. The van der Waals surface area contributed by atoms with Gasteiger partial charge in [0.1, 0.15) is 0 Å². The molecule has 0 aromatic carbocycles. The Kier molecular flexibility index (Phi) is 5.44. The van der Waals surface area contributed by atoms with Gasteiger partial charge in [-0.15, -0.1) is 0 Å². The number of amides is 2. The van der Waals surface area contributed by atoms with E-state index in [1.807, 2.05) is 4.90 Å². The molecule has 0 spiro atoms. The molecule has 2 aliphatic rings. The first kappa shape index (κ1) is 15.3. The minimum Gasteiger partial charge on any atom is -0.369 e. The molecule has 20 heavy (non-hydrogen) atoms. The van der Waals surface area contributed by atoms with Crippen LogP contribution >= 0.6 is 0 Å². The molecule has 1 saturated heterocycles. The number of hydrogen-bond acceptors (Lipinski definition) is 2. The van der Waals surface area contributed by atoms with Crippen molar-refractivity contribution in [3.8, 4) is 0 Å². The molecule has 0 bridgehead atoms. The van der Waals surface area contributed by atoms with E-state index in [1.54, 1.807) is 0 Å². The summed E-state index contributed by atoms with van der Waals surface area (Å²) < 4.78 is 0. The Balaban J connectivity index is 1.81. The van der Waals surface area contributed by atoms with Crippen molar-refractivity contribution < 1.29 is 9.59 Å². The van der Waals surface area contributed by atoms with Gasteiger partial charge in [-0.1, -0.05) is 32.1 Å². The molecule has 0 radical (unpaired) electrons. The second kappa shape index (κ2) is 7.09. The van der Waals surface area contributed by atoms with Gasteiger partial charge in [-0.25, -0.2) is 0 Å². The molecule has 1 aliphatic carbocycles. The van der Waals surface area contributed by atoms with Crippen LogP contribution in [0.25, 0.3) is 0 Å². The van der Waals surface area contributed by atoms with Gasteiger partial charge in [0.2, 0.25) is 11.8 Å². The maximum absolute atomic E-state index is 12.4. The highest BCUT2D eigenvalue weighted by atomic mass is 16.2. The zero-order chi connectivity index (χ0) is 14.5. The zero-order valence-corrected chi connectivity index (χ0v) is 12.6. The summed E-state index contributed by atoms with van der Waals surface area (Å²) in [7, 11) is 0. The van der Waals surface area contributed by atoms with Gasteiger partial charge < -0.3 is 10.6 Å². The third-order valence-electron chi connectivity index (χ3n) is 5.10. The van der Waals surface area contributed by atoms with Crippen molar-refractivity contribution in [2.75, 3.05) is 6.54 Å². The van der Waals surface area contributed by atoms with E-state index < -0.39 is 0 Å². The predicted molar refractivity (Wildman–Crippen MR) is 78.9 cm³/mol. The van der Waals surface area contributed by atoms with E-state index in [0.29, 0.717) is 13.0 Å². The summed E-state index contributed by atoms with van der Waals surface area (Å²) in [4.78, 5) is 25.6. The van der Waals surface area contributed by atoms with Gasteiger partial charge in [0.05, 0.1) is 5.92 Å². The maximum atomic E-state index is 12.4. The van der Waals surface area contributed by atoms with Crippen molar-refractivity contribution in [1.29, 1.82) is 0 Å². The van der Waals surface area contributed by atoms with Crippen molar-refractivity contribution >= 4 is 11.8 Å². The fourth-order valence-corrected chi connectivity index (χ4v) is 3.63. The topological polar surface area (TPSA) is 63.4 Å². The van der Waals surface area contributed by atoms with Crippen molar-refractivity contribution in [3.05, 3.63) is 0 Å². The standard InChI is InChI=1S/C16H28N2O2/c1-12-7-9-14(16(17)20)11-18(12)15(19)10-8-13-5-3-2-4-6-13/h12-14H,2-11H2,1H3,(H2,17,20)/t12-,14+/m1/s1. The van der Waals surface area contributed by atoms with Crippen molar-refractivity contribution in [2.24, 2.45) is 17.6 Å². The summed E-state index contributed by atoms with van der Waals surface area (Å²) in [5.74, 6) is 0.542. The van der Waals surface area contributed by atoms with Crippen molar-refractivity contribution in [1.82, 2.24) is 4.90 Å². The molecular weight excluding hydrogens is 252 g/mol. The van der Waals surface area contributed by atoms with E-state index >= 15 is 0 Å². The Morgan fingerprint density at radius 3 is 2.45 bits per heavy atom. The molecule has 2 fully saturated rings. The first-order valence-corrected chi connectivity index (χ1v) is 8.16. The molecule has 2 N–H and O–H groups in total. The summed E-state index contributed by atoms with van der Waals surface area (Å²) in [5, 5.41) is 0. The largest absolute Gasteiger partial charge is 0.369 e. The summed E-state index contributed by atoms with van der Waals surface area (Å²) >= 11 is 0. The van der Waals surface area contributed by atoms with E-state index in [1.165, 1.54) is 32.1 Å². The first-order valence-electron chi connectivity index (χ1n) is 8.16. The molecule has 0 unspecified atom stereocenters. The Hall–Kier alpha value is -1.06. The second-order valence-corrected chi connectivity index (χ2v) is 6.61. The van der Waals surface area contributed by atoms with Crippen LogP contribution in [-0.2, 0) is 9.59 Å². The number of nitrogens with zero attached hydrogens (tertiary/aromatic N) is 1. The van der Waals surface area contributed by atoms with Gasteiger partial charge >= 0.3 is 0 Å². The highest BCUT2D eigenvalue weighted by Crippen LogP contribution is 2.28. The van der Waals surface area contributed by atoms with Crippen LogP contribution in [0.15, 0.2) is 0 Å². The number of nitrogens with two attached hydrogens (primary N) is 1. The normalized spacial score (nSPS) is 28.4. The molecule has 4 heteroatoms. The smallest absolute Gasteiger partial charge is 0.222 e. The van der Waals surface area contributed by atoms with Gasteiger partial charge in [-0.2, -0.15) is 0 Å². The lowest BCUT2D eigenvalue weighted by Gasteiger charge is -2.37. The Bertz CT molecular complexity index is 350. The average Bonchev–Trinajstić information content (AvgIpc) is 2.46. The average molecular weight is 280 g/mol. The monoisotopic (exact) mass is 280 g/mol. The van der Waals surface area contributed by atoms with E-state index in [9.17, 15) is 9.59 Å². The summed E-state index contributed by atoms with van der Waals surface area (Å²) in [5.41, 5.74) is 5.39. The summed E-state index contributed by atoms with van der Waals surface area (Å²) in [6, 6.07) is 0.254. The molecule has 1 heterocycles. The Labute approximate surface area is 122 Å². The van der Waals surface area contributed by atoms with Crippen LogP contribution in [0.3, 0.4) is 0 Å². The fraction of sp³-hybridized carbons (Fsp3) is 0.875. The number of likely N-dealkylation sites (tertiary alicyclic amines) is 1. The van der Waals surface area contributed by atoms with Crippen molar-refractivity contribution in [2.45, 2.75) is 70.8 Å². The van der Waals surface area contributed by atoms with Gasteiger partial charge in [0, 0.05) is 19.0 Å². The van der Waals surface area contributed by atoms with Crippen LogP contribution < -0.4 is 5.73 Å². The van der Waals surface area contributed by atoms with Crippen LogP contribution in [0.1, 0.15) is 64.7 Å². The van der Waals surface area contributed by atoms with Crippen LogP contribution in [0.4, 0.5) is 0 Å². The molecule has 0 aromatic heterocycles. The van der Waals surface area contributed by atoms with Gasteiger partial charge in [-0.3, -0.25) is 9.59 Å². The number of carbonyl (C=O) groups is 2. The summed E-state index contributed by atoms with van der Waals surface area (Å²) in [6.45, 7) is 2.61. The third kappa shape index (κ3) is 3.97. The number of piperidine rings is 1. The second-order valence-electron chi connectivity index (χ2n) is 6.61. The fourth-order valence-electron chi connectivity index (χ4n) is 3.63. The molecule has 0 aromatic rings. The highest BCUT2D eigenvalue weighted by Gasteiger charge is 2.31. The lowest BCUT2D eigenvalue weighted by molar-refractivity contribution is -0.137. The molecule has 4 nitrogen and oxygen atoms in total. The minimum absolute atomic E-state index is 0.148. The van der Waals surface area contributed by atoms with Gasteiger partial charge in [0.15, 0.2) is 0 Å². The molecule has 2 rings (SSSR count). The Morgan fingerprint density at radius 1 is 1.10 bits per heavy atom. The van der Waals surface area contributed by atoms with Gasteiger partial charge in [0.25, 0.3) is 0 Å².